The highest BCUT2D eigenvalue weighted by atomic mass is 32.2. The van der Waals surface area contributed by atoms with Gasteiger partial charge in [-0.3, -0.25) is 9.36 Å². The lowest BCUT2D eigenvalue weighted by molar-refractivity contribution is -0.116. The first-order chi connectivity index (χ1) is 16.6. The van der Waals surface area contributed by atoms with Crippen molar-refractivity contribution in [1.82, 2.24) is 14.8 Å². The molecule has 2 aromatic heterocycles. The van der Waals surface area contributed by atoms with E-state index in [9.17, 15) is 4.79 Å². The minimum atomic E-state index is 0.0654. The van der Waals surface area contributed by atoms with Gasteiger partial charge in [0.25, 0.3) is 0 Å². The molecule has 0 aliphatic carbocycles. The molecule has 4 aromatic rings. The molecular weight excluding hydrogens is 448 g/mol. The summed E-state index contributed by atoms with van der Waals surface area (Å²) < 4.78 is 13.6. The Bertz CT molecular complexity index is 1300. The maximum atomic E-state index is 13.0. The highest BCUT2D eigenvalue weighted by molar-refractivity contribution is 7.99. The Morgan fingerprint density at radius 3 is 2.82 bits per heavy atom. The number of hydrogen-bond acceptors (Lipinski definition) is 6. The molecule has 8 heteroatoms. The molecule has 34 heavy (non-hydrogen) atoms. The first-order valence-electron chi connectivity index (χ1n) is 11.2. The summed E-state index contributed by atoms with van der Waals surface area (Å²) in [6.45, 7) is 5.56. The average molecular weight is 475 g/mol. The number of nitrogens with zero attached hydrogens (tertiary/aromatic N) is 4. The number of amides is 1. The number of carbonyl (C=O) groups is 1. The van der Waals surface area contributed by atoms with E-state index < -0.39 is 0 Å². The number of aromatic nitrogens is 3. The number of furan rings is 1. The van der Waals surface area contributed by atoms with Gasteiger partial charge in [0.05, 0.1) is 18.6 Å². The molecule has 1 aliphatic heterocycles. The van der Waals surface area contributed by atoms with E-state index in [2.05, 4.69) is 29.3 Å². The normalized spacial score (nSPS) is 12.7. The van der Waals surface area contributed by atoms with Crippen molar-refractivity contribution in [2.45, 2.75) is 38.6 Å². The number of carbonyl (C=O) groups excluding carboxylic acids is 1. The molecule has 5 rings (SSSR count). The summed E-state index contributed by atoms with van der Waals surface area (Å²) in [5.74, 6) is 2.64. The molecule has 0 spiro atoms. The van der Waals surface area contributed by atoms with Crippen molar-refractivity contribution in [1.29, 1.82) is 0 Å². The van der Waals surface area contributed by atoms with E-state index >= 15 is 0 Å². The van der Waals surface area contributed by atoms with Crippen molar-refractivity contribution < 1.29 is 13.9 Å². The SMILES string of the molecule is Cc1cccc(OCc2nnc(SCC(=O)N3CCc4ccccc43)n2Cc2ccco2)c1C. The van der Waals surface area contributed by atoms with Gasteiger partial charge in [0.15, 0.2) is 11.0 Å². The van der Waals surface area contributed by atoms with Gasteiger partial charge in [-0.05, 0) is 61.2 Å². The maximum Gasteiger partial charge on any atom is 0.237 e. The second-order valence-electron chi connectivity index (χ2n) is 8.26. The Balaban J connectivity index is 1.32. The third-order valence-electron chi connectivity index (χ3n) is 6.11. The number of thioether (sulfide) groups is 1. The van der Waals surface area contributed by atoms with Gasteiger partial charge in [-0.15, -0.1) is 10.2 Å². The van der Waals surface area contributed by atoms with Gasteiger partial charge in [-0.2, -0.15) is 0 Å². The van der Waals surface area contributed by atoms with E-state index in [1.807, 2.05) is 58.9 Å². The van der Waals surface area contributed by atoms with Crippen LogP contribution in [0.25, 0.3) is 0 Å². The van der Waals surface area contributed by atoms with Crippen LogP contribution in [0.15, 0.2) is 70.4 Å². The highest BCUT2D eigenvalue weighted by Crippen LogP contribution is 2.29. The standard InChI is InChI=1S/C26H26N4O3S/c1-18-7-5-11-23(19(18)2)33-16-24-27-28-26(30(24)15-21-9-6-14-32-21)34-17-25(31)29-13-12-20-8-3-4-10-22(20)29/h3-11,14H,12-13,15-17H2,1-2H3. The Kier molecular flexibility index (Phi) is 6.40. The van der Waals surface area contributed by atoms with Crippen molar-refractivity contribution in [3.63, 3.8) is 0 Å². The molecule has 3 heterocycles. The first kappa shape index (κ1) is 22.3. The Hall–Kier alpha value is -3.52. The highest BCUT2D eigenvalue weighted by Gasteiger charge is 2.25. The summed E-state index contributed by atoms with van der Waals surface area (Å²) in [5.41, 5.74) is 4.50. The Morgan fingerprint density at radius 2 is 1.97 bits per heavy atom. The van der Waals surface area contributed by atoms with Gasteiger partial charge < -0.3 is 14.1 Å². The predicted octanol–water partition coefficient (Wildman–Crippen LogP) is 4.80. The van der Waals surface area contributed by atoms with E-state index in [1.165, 1.54) is 22.9 Å². The van der Waals surface area contributed by atoms with E-state index in [-0.39, 0.29) is 18.3 Å². The number of aryl methyl sites for hydroxylation is 1. The van der Waals surface area contributed by atoms with Crippen molar-refractivity contribution in [2.75, 3.05) is 17.2 Å². The summed E-state index contributed by atoms with van der Waals surface area (Å²) in [4.78, 5) is 14.9. The summed E-state index contributed by atoms with van der Waals surface area (Å²) in [5, 5.41) is 9.41. The molecular formula is C26H26N4O3S. The minimum absolute atomic E-state index is 0.0654. The number of fused-ring (bicyclic) bond motifs is 1. The smallest absolute Gasteiger partial charge is 0.237 e. The van der Waals surface area contributed by atoms with E-state index in [1.54, 1.807) is 6.26 Å². The summed E-state index contributed by atoms with van der Waals surface area (Å²) in [6.07, 6.45) is 2.54. The van der Waals surface area contributed by atoms with E-state index in [4.69, 9.17) is 9.15 Å². The van der Waals surface area contributed by atoms with Crippen LogP contribution in [0.2, 0.25) is 0 Å². The summed E-state index contributed by atoms with van der Waals surface area (Å²) >= 11 is 1.39. The van der Waals surface area contributed by atoms with Crippen molar-refractivity contribution in [3.05, 3.63) is 89.1 Å². The second-order valence-corrected chi connectivity index (χ2v) is 9.21. The topological polar surface area (TPSA) is 73.4 Å². The number of para-hydroxylation sites is 1. The lowest BCUT2D eigenvalue weighted by atomic mass is 10.1. The molecule has 174 valence electrons. The van der Waals surface area contributed by atoms with Gasteiger partial charge in [0.2, 0.25) is 5.91 Å². The molecule has 0 atom stereocenters. The minimum Gasteiger partial charge on any atom is -0.485 e. The van der Waals surface area contributed by atoms with Crippen LogP contribution in [0.1, 0.15) is 28.3 Å². The predicted molar refractivity (Wildman–Crippen MR) is 131 cm³/mol. The molecule has 0 saturated carbocycles. The summed E-state index contributed by atoms with van der Waals surface area (Å²) in [7, 11) is 0. The van der Waals surface area contributed by atoms with Crippen LogP contribution in [0, 0.1) is 13.8 Å². The Labute approximate surface area is 202 Å². The molecule has 0 bridgehead atoms. The number of benzene rings is 2. The third kappa shape index (κ3) is 4.59. The van der Waals surface area contributed by atoms with E-state index in [0.717, 1.165) is 29.2 Å². The summed E-state index contributed by atoms with van der Waals surface area (Å²) in [6, 6.07) is 17.8. The van der Waals surface area contributed by atoms with E-state index in [0.29, 0.717) is 24.1 Å². The van der Waals surface area contributed by atoms with Crippen LogP contribution in [0.3, 0.4) is 0 Å². The zero-order chi connectivity index (χ0) is 23.5. The quantitative estimate of drug-likeness (QED) is 0.342. The first-order valence-corrected chi connectivity index (χ1v) is 12.2. The zero-order valence-electron chi connectivity index (χ0n) is 19.2. The molecule has 0 saturated heterocycles. The fraction of sp³-hybridized carbons (Fsp3) is 0.269. The molecule has 1 aliphatic rings. The largest absolute Gasteiger partial charge is 0.485 e. The number of rotatable bonds is 8. The molecule has 7 nitrogen and oxygen atoms in total. The van der Waals surface area contributed by atoms with Gasteiger partial charge in [0.1, 0.15) is 18.1 Å². The molecule has 1 amide bonds. The van der Waals surface area contributed by atoms with Crippen LogP contribution in [-0.4, -0.2) is 33.0 Å². The van der Waals surface area contributed by atoms with Crippen LogP contribution in [-0.2, 0) is 24.4 Å². The monoisotopic (exact) mass is 474 g/mol. The molecule has 2 aromatic carbocycles. The third-order valence-corrected chi connectivity index (χ3v) is 7.06. The fourth-order valence-corrected chi connectivity index (χ4v) is 4.91. The molecule has 0 unspecified atom stereocenters. The van der Waals surface area contributed by atoms with Crippen LogP contribution >= 0.6 is 11.8 Å². The Morgan fingerprint density at radius 1 is 1.09 bits per heavy atom. The van der Waals surface area contributed by atoms with Gasteiger partial charge >= 0.3 is 0 Å². The lowest BCUT2D eigenvalue weighted by Crippen LogP contribution is -2.30. The van der Waals surface area contributed by atoms with Crippen molar-refractivity contribution in [3.8, 4) is 5.75 Å². The van der Waals surface area contributed by atoms with Crippen molar-refractivity contribution in [2.24, 2.45) is 0 Å². The number of anilines is 1. The van der Waals surface area contributed by atoms with Crippen molar-refractivity contribution >= 4 is 23.4 Å². The molecule has 0 radical (unpaired) electrons. The van der Waals surface area contributed by atoms with Gasteiger partial charge in [0, 0.05) is 12.2 Å². The maximum absolute atomic E-state index is 13.0. The zero-order valence-corrected chi connectivity index (χ0v) is 20.0. The molecule has 0 fully saturated rings. The fourth-order valence-electron chi connectivity index (χ4n) is 4.07. The van der Waals surface area contributed by atoms with Gasteiger partial charge in [-0.25, -0.2) is 0 Å². The van der Waals surface area contributed by atoms with Gasteiger partial charge in [-0.1, -0.05) is 42.1 Å². The number of ether oxygens (including phenoxy) is 1. The lowest BCUT2D eigenvalue weighted by Gasteiger charge is -2.17. The number of hydrogen-bond donors (Lipinski definition) is 0. The van der Waals surface area contributed by atoms with Crippen LogP contribution in [0.5, 0.6) is 5.75 Å². The molecule has 0 N–H and O–H groups in total. The van der Waals surface area contributed by atoms with Crippen LogP contribution in [0.4, 0.5) is 5.69 Å². The second kappa shape index (κ2) is 9.77. The average Bonchev–Trinajstić information content (AvgIpc) is 3.59. The van der Waals surface area contributed by atoms with Crippen LogP contribution < -0.4 is 9.64 Å².